The molecule has 104 valence electrons. The van der Waals surface area contributed by atoms with E-state index in [1.165, 1.54) is 4.31 Å². The van der Waals surface area contributed by atoms with Crippen molar-refractivity contribution in [2.45, 2.75) is 32.2 Å². The molecule has 1 amide bonds. The maximum absolute atomic E-state index is 11.6. The Morgan fingerprint density at radius 3 is 2.33 bits per heavy atom. The predicted molar refractivity (Wildman–Crippen MR) is 64.5 cm³/mol. The fraction of sp³-hybridized carbons (Fsp3) is 0.800. The molecular formula is C10H18N2O5S. The number of nitrogens with zero attached hydrogens (tertiary/aromatic N) is 1. The summed E-state index contributed by atoms with van der Waals surface area (Å²) >= 11 is 0. The number of hydrogen-bond acceptors (Lipinski definition) is 4. The van der Waals surface area contributed by atoms with Crippen molar-refractivity contribution in [2.75, 3.05) is 18.8 Å². The lowest BCUT2D eigenvalue weighted by Crippen LogP contribution is -2.47. The minimum Gasteiger partial charge on any atom is -0.480 e. The second kappa shape index (κ2) is 6.14. The third-order valence-electron chi connectivity index (χ3n) is 2.84. The van der Waals surface area contributed by atoms with Crippen LogP contribution >= 0.6 is 0 Å². The molecule has 0 aromatic rings. The van der Waals surface area contributed by atoms with Crippen LogP contribution in [0.15, 0.2) is 0 Å². The molecule has 0 unspecified atom stereocenters. The van der Waals surface area contributed by atoms with Gasteiger partial charge in [0.15, 0.2) is 5.75 Å². The summed E-state index contributed by atoms with van der Waals surface area (Å²) < 4.78 is 24.5. The zero-order valence-electron chi connectivity index (χ0n) is 10.3. The molecule has 8 heteroatoms. The van der Waals surface area contributed by atoms with Gasteiger partial charge in [-0.3, -0.25) is 9.59 Å². The number of hydrogen-bond donors (Lipinski definition) is 2. The van der Waals surface area contributed by atoms with Crippen molar-refractivity contribution in [3.05, 3.63) is 0 Å². The number of sulfonamides is 1. The number of aliphatic carboxylic acids is 1. The third-order valence-corrected chi connectivity index (χ3v) is 4.60. The van der Waals surface area contributed by atoms with Gasteiger partial charge in [-0.2, -0.15) is 0 Å². The second-order valence-corrected chi connectivity index (χ2v) is 6.21. The normalized spacial score (nSPS) is 18.5. The van der Waals surface area contributed by atoms with Crippen LogP contribution in [0.2, 0.25) is 0 Å². The average molecular weight is 278 g/mol. The van der Waals surface area contributed by atoms with Gasteiger partial charge in [-0.1, -0.05) is 6.92 Å². The largest absolute Gasteiger partial charge is 0.480 e. The lowest BCUT2D eigenvalue weighted by molar-refractivity contribution is -0.134. The molecule has 1 heterocycles. The molecule has 1 aliphatic rings. The van der Waals surface area contributed by atoms with E-state index in [1.54, 1.807) is 6.92 Å². The van der Waals surface area contributed by atoms with Gasteiger partial charge >= 0.3 is 5.97 Å². The molecule has 1 fully saturated rings. The molecule has 18 heavy (non-hydrogen) atoms. The number of carbonyl (C=O) groups excluding carboxylic acids is 1. The molecule has 0 bridgehead atoms. The summed E-state index contributed by atoms with van der Waals surface area (Å²) in [5.41, 5.74) is 0. The average Bonchev–Trinajstić information content (AvgIpc) is 2.28. The van der Waals surface area contributed by atoms with Crippen LogP contribution in [0.5, 0.6) is 0 Å². The summed E-state index contributed by atoms with van der Waals surface area (Å²) in [6.45, 7) is 2.26. The Balaban J connectivity index is 2.48. The van der Waals surface area contributed by atoms with E-state index in [2.05, 4.69) is 5.32 Å². The number of carboxylic acids is 1. The summed E-state index contributed by atoms with van der Waals surface area (Å²) in [6, 6.07) is -0.0197. The van der Waals surface area contributed by atoms with Crippen molar-refractivity contribution in [3.8, 4) is 0 Å². The Labute approximate surface area is 106 Å². The van der Waals surface area contributed by atoms with Gasteiger partial charge in [0.2, 0.25) is 15.9 Å². The van der Waals surface area contributed by atoms with Gasteiger partial charge in [0.1, 0.15) is 0 Å². The SMILES string of the molecule is CCC(=O)NC1CCN(S(=O)(=O)CC(=O)O)CC1. The number of carboxylic acid groups (broad SMARTS) is 1. The summed E-state index contributed by atoms with van der Waals surface area (Å²) in [7, 11) is -3.72. The fourth-order valence-corrected chi connectivity index (χ4v) is 3.12. The number of rotatable bonds is 5. The van der Waals surface area contributed by atoms with Crippen molar-refractivity contribution in [3.63, 3.8) is 0 Å². The number of nitrogens with one attached hydrogen (secondary N) is 1. The molecule has 2 N–H and O–H groups in total. The number of carbonyl (C=O) groups is 2. The van der Waals surface area contributed by atoms with E-state index in [-0.39, 0.29) is 25.0 Å². The van der Waals surface area contributed by atoms with Crippen LogP contribution in [0, 0.1) is 0 Å². The maximum Gasteiger partial charge on any atom is 0.320 e. The molecule has 0 aromatic heterocycles. The van der Waals surface area contributed by atoms with Crippen LogP contribution in [-0.2, 0) is 19.6 Å². The van der Waals surface area contributed by atoms with Crippen molar-refractivity contribution in [2.24, 2.45) is 0 Å². The predicted octanol–water partition coefficient (Wildman–Crippen LogP) is -0.609. The molecule has 1 aliphatic heterocycles. The van der Waals surface area contributed by atoms with Gasteiger partial charge in [0.25, 0.3) is 0 Å². The summed E-state index contributed by atoms with van der Waals surface area (Å²) in [6.07, 6.45) is 1.44. The molecule has 0 aliphatic carbocycles. The molecular weight excluding hydrogens is 260 g/mol. The summed E-state index contributed by atoms with van der Waals surface area (Å²) in [5.74, 6) is -2.28. The minimum absolute atomic E-state index is 0.0197. The van der Waals surface area contributed by atoms with Gasteiger partial charge in [0.05, 0.1) is 0 Å². The fourth-order valence-electron chi connectivity index (χ4n) is 1.86. The highest BCUT2D eigenvalue weighted by Crippen LogP contribution is 2.14. The highest BCUT2D eigenvalue weighted by molar-refractivity contribution is 7.89. The van der Waals surface area contributed by atoms with Crippen molar-refractivity contribution < 1.29 is 23.1 Å². The van der Waals surface area contributed by atoms with E-state index in [1.807, 2.05) is 0 Å². The maximum atomic E-state index is 11.6. The van der Waals surface area contributed by atoms with Crippen molar-refractivity contribution in [1.29, 1.82) is 0 Å². The summed E-state index contributed by atoms with van der Waals surface area (Å²) in [5, 5.41) is 11.3. The van der Waals surface area contributed by atoms with Gasteiger partial charge in [-0.25, -0.2) is 12.7 Å². The first kappa shape index (κ1) is 14.9. The van der Waals surface area contributed by atoms with Gasteiger partial charge < -0.3 is 10.4 Å². The van der Waals surface area contributed by atoms with E-state index in [4.69, 9.17) is 5.11 Å². The first-order chi connectivity index (χ1) is 8.35. The van der Waals surface area contributed by atoms with E-state index >= 15 is 0 Å². The molecule has 0 atom stereocenters. The third kappa shape index (κ3) is 4.26. The van der Waals surface area contributed by atoms with Crippen molar-refractivity contribution >= 4 is 21.9 Å². The quantitative estimate of drug-likeness (QED) is 0.698. The monoisotopic (exact) mass is 278 g/mol. The highest BCUT2D eigenvalue weighted by atomic mass is 32.2. The Hall–Kier alpha value is -1.15. The number of amides is 1. The Bertz CT molecular complexity index is 412. The molecule has 1 rings (SSSR count). The van der Waals surface area contributed by atoms with Crippen LogP contribution < -0.4 is 5.32 Å². The van der Waals surface area contributed by atoms with E-state index in [9.17, 15) is 18.0 Å². The van der Waals surface area contributed by atoms with Crippen LogP contribution in [0.1, 0.15) is 26.2 Å². The lowest BCUT2D eigenvalue weighted by atomic mass is 10.1. The molecule has 0 saturated carbocycles. The van der Waals surface area contributed by atoms with Gasteiger partial charge in [-0.15, -0.1) is 0 Å². The topological polar surface area (TPSA) is 104 Å². The van der Waals surface area contributed by atoms with Gasteiger partial charge in [0, 0.05) is 25.6 Å². The molecule has 0 aromatic carbocycles. The van der Waals surface area contributed by atoms with Crippen LogP contribution in [-0.4, -0.2) is 54.6 Å². The molecule has 7 nitrogen and oxygen atoms in total. The first-order valence-corrected chi connectivity index (χ1v) is 7.45. The van der Waals surface area contributed by atoms with E-state index < -0.39 is 21.7 Å². The van der Waals surface area contributed by atoms with Crippen LogP contribution in [0.25, 0.3) is 0 Å². The Morgan fingerprint density at radius 1 is 1.33 bits per heavy atom. The van der Waals surface area contributed by atoms with Crippen LogP contribution in [0.4, 0.5) is 0 Å². The van der Waals surface area contributed by atoms with Crippen LogP contribution in [0.3, 0.4) is 0 Å². The highest BCUT2D eigenvalue weighted by Gasteiger charge is 2.29. The smallest absolute Gasteiger partial charge is 0.320 e. The molecule has 1 saturated heterocycles. The standard InChI is InChI=1S/C10H18N2O5S/c1-2-9(13)11-8-3-5-12(6-4-8)18(16,17)7-10(14)15/h8H,2-7H2,1H3,(H,11,13)(H,14,15). The van der Waals surface area contributed by atoms with Gasteiger partial charge in [-0.05, 0) is 12.8 Å². The Morgan fingerprint density at radius 2 is 1.89 bits per heavy atom. The zero-order valence-corrected chi connectivity index (χ0v) is 11.1. The molecule has 0 spiro atoms. The Kier molecular flexibility index (Phi) is 5.09. The minimum atomic E-state index is -3.72. The van der Waals surface area contributed by atoms with E-state index in [0.29, 0.717) is 19.3 Å². The van der Waals surface area contributed by atoms with Crippen molar-refractivity contribution in [1.82, 2.24) is 9.62 Å². The number of piperidine rings is 1. The first-order valence-electron chi connectivity index (χ1n) is 5.84. The summed E-state index contributed by atoms with van der Waals surface area (Å²) in [4.78, 5) is 21.6. The molecule has 0 radical (unpaired) electrons. The second-order valence-electron chi connectivity index (χ2n) is 4.24. The zero-order chi connectivity index (χ0) is 13.8. The lowest BCUT2D eigenvalue weighted by Gasteiger charge is -2.31. The van der Waals surface area contributed by atoms with E-state index in [0.717, 1.165) is 0 Å².